The molecule has 0 spiro atoms. The number of methoxy groups -OCH3 is 2. The first kappa shape index (κ1) is 28.2. The van der Waals surface area contributed by atoms with Gasteiger partial charge in [-0.25, -0.2) is 8.93 Å². The van der Waals surface area contributed by atoms with Gasteiger partial charge in [-0.3, -0.25) is 4.79 Å². The number of rotatable bonds is 13. The number of benzene rings is 2. The Hall–Kier alpha value is -2.33. The predicted molar refractivity (Wildman–Crippen MR) is 145 cm³/mol. The van der Waals surface area contributed by atoms with Crippen LogP contribution in [0.3, 0.4) is 0 Å². The summed E-state index contributed by atoms with van der Waals surface area (Å²) in [4.78, 5) is 15.6. The molecule has 2 aromatic carbocycles. The van der Waals surface area contributed by atoms with Crippen LogP contribution in [0.25, 0.3) is 0 Å². The maximum absolute atomic E-state index is 13.2. The van der Waals surface area contributed by atoms with Gasteiger partial charge in [-0.2, -0.15) is 0 Å². The maximum Gasteiger partial charge on any atom is 0.166 e. The first-order valence-corrected chi connectivity index (χ1v) is 14.0. The van der Waals surface area contributed by atoms with E-state index in [-0.39, 0.29) is 12.4 Å². The highest BCUT2D eigenvalue weighted by Crippen LogP contribution is 2.32. The van der Waals surface area contributed by atoms with Crippen molar-refractivity contribution in [1.82, 2.24) is 9.62 Å². The molecular formula is C26H36ClN3O5S. The number of hydrogen-bond acceptors (Lipinski definition) is 7. The van der Waals surface area contributed by atoms with Gasteiger partial charge in [-0.15, -0.1) is 0 Å². The SMILES string of the molecule is COc1cc(COc2cc(N)c(Cl)cc2C(=O)CCC2CCN(CCNS(C)=O)CC2)cc(OC)c1. The van der Waals surface area contributed by atoms with E-state index >= 15 is 0 Å². The van der Waals surface area contributed by atoms with Gasteiger partial charge < -0.3 is 24.8 Å². The number of Topliss-reactive ketones (excluding diaryl/α,β-unsaturated/α-hetero) is 1. The number of hydrogen-bond donors (Lipinski definition) is 2. The molecule has 2 aromatic rings. The number of carbonyl (C=O) groups excluding carboxylic acids is 1. The van der Waals surface area contributed by atoms with E-state index < -0.39 is 11.0 Å². The molecule has 0 bridgehead atoms. The fourth-order valence-corrected chi connectivity index (χ4v) is 4.88. The van der Waals surface area contributed by atoms with Gasteiger partial charge in [-0.05, 0) is 62.0 Å². The van der Waals surface area contributed by atoms with Crippen molar-refractivity contribution >= 4 is 34.1 Å². The number of halogens is 1. The Morgan fingerprint density at radius 3 is 2.42 bits per heavy atom. The molecule has 0 aliphatic carbocycles. The number of ketones is 1. The lowest BCUT2D eigenvalue weighted by Gasteiger charge is -2.31. The highest BCUT2D eigenvalue weighted by molar-refractivity contribution is 7.82. The monoisotopic (exact) mass is 537 g/mol. The second kappa shape index (κ2) is 13.8. The average Bonchev–Trinajstić information content (AvgIpc) is 2.88. The number of nitrogens with two attached hydrogens (primary N) is 1. The van der Waals surface area contributed by atoms with Crippen molar-refractivity contribution in [2.75, 3.05) is 52.4 Å². The summed E-state index contributed by atoms with van der Waals surface area (Å²) in [6, 6.07) is 8.71. The van der Waals surface area contributed by atoms with Crippen LogP contribution in [0, 0.1) is 5.92 Å². The number of anilines is 1. The van der Waals surface area contributed by atoms with E-state index in [0.29, 0.717) is 45.9 Å². The van der Waals surface area contributed by atoms with Gasteiger partial charge in [0.2, 0.25) is 0 Å². The van der Waals surface area contributed by atoms with Crippen LogP contribution in [0.2, 0.25) is 5.02 Å². The van der Waals surface area contributed by atoms with Crippen molar-refractivity contribution in [3.8, 4) is 17.2 Å². The van der Waals surface area contributed by atoms with Gasteiger partial charge in [-0.1, -0.05) is 11.6 Å². The topological polar surface area (TPSA) is 103 Å². The number of nitrogens with zero attached hydrogens (tertiary/aromatic N) is 1. The summed E-state index contributed by atoms with van der Waals surface area (Å²) in [5, 5.41) is 0.337. The molecular weight excluding hydrogens is 502 g/mol. The first-order valence-electron chi connectivity index (χ1n) is 12.0. The molecule has 198 valence electrons. The first-order chi connectivity index (χ1) is 17.3. The highest BCUT2D eigenvalue weighted by Gasteiger charge is 2.22. The molecule has 1 heterocycles. The van der Waals surface area contributed by atoms with Crippen LogP contribution in [0.1, 0.15) is 41.6 Å². The van der Waals surface area contributed by atoms with E-state index in [1.54, 1.807) is 38.7 Å². The summed E-state index contributed by atoms with van der Waals surface area (Å²) in [6.45, 7) is 3.80. The quantitative estimate of drug-likeness (QED) is 0.293. The number of carbonyl (C=O) groups is 1. The Bertz CT molecular complexity index is 1040. The summed E-state index contributed by atoms with van der Waals surface area (Å²) in [5.74, 6) is 2.22. The second-order valence-corrected chi connectivity index (χ2v) is 10.6. The molecule has 10 heteroatoms. The second-order valence-electron chi connectivity index (χ2n) is 8.97. The van der Waals surface area contributed by atoms with E-state index in [1.807, 2.05) is 12.1 Å². The zero-order valence-electron chi connectivity index (χ0n) is 21.2. The third-order valence-electron chi connectivity index (χ3n) is 6.43. The van der Waals surface area contributed by atoms with Crippen molar-refractivity contribution in [3.63, 3.8) is 0 Å². The molecule has 1 saturated heterocycles. The number of likely N-dealkylation sites (tertiary alicyclic amines) is 1. The zero-order valence-corrected chi connectivity index (χ0v) is 22.8. The largest absolute Gasteiger partial charge is 0.497 e. The molecule has 1 atom stereocenters. The highest BCUT2D eigenvalue weighted by atomic mass is 35.5. The Morgan fingerprint density at radius 1 is 1.14 bits per heavy atom. The zero-order chi connectivity index (χ0) is 26.1. The Labute approximate surface area is 221 Å². The maximum atomic E-state index is 13.2. The molecule has 0 saturated carbocycles. The predicted octanol–water partition coefficient (Wildman–Crippen LogP) is 4.08. The standard InChI is InChI=1S/C26H36ClN3O5S/c1-33-20-12-19(13-21(14-20)34-2)17-35-26-16-24(28)23(27)15-22(26)25(31)5-4-18-6-9-30(10-7-18)11-8-29-36(3)32/h12-16,18,29H,4-11,17,28H2,1-3H3. The van der Waals surface area contributed by atoms with E-state index in [2.05, 4.69) is 9.62 Å². The summed E-state index contributed by atoms with van der Waals surface area (Å²) >= 11 is 6.26. The Morgan fingerprint density at radius 2 is 1.81 bits per heavy atom. The fraction of sp³-hybridized carbons (Fsp3) is 0.500. The minimum Gasteiger partial charge on any atom is -0.497 e. The molecule has 1 fully saturated rings. The van der Waals surface area contributed by atoms with E-state index in [0.717, 1.165) is 51.0 Å². The van der Waals surface area contributed by atoms with Gasteiger partial charge in [0.15, 0.2) is 5.78 Å². The summed E-state index contributed by atoms with van der Waals surface area (Å²) in [6.07, 6.45) is 4.98. The minimum absolute atomic E-state index is 0.00724. The number of nitrogens with one attached hydrogen (secondary N) is 1. The van der Waals surface area contributed by atoms with Gasteiger partial charge in [0, 0.05) is 37.9 Å². The van der Waals surface area contributed by atoms with Gasteiger partial charge in [0.1, 0.15) is 23.9 Å². The van der Waals surface area contributed by atoms with Crippen LogP contribution >= 0.6 is 11.6 Å². The summed E-state index contributed by atoms with van der Waals surface area (Å²) in [5.41, 5.74) is 7.66. The van der Waals surface area contributed by atoms with E-state index in [4.69, 9.17) is 31.5 Å². The van der Waals surface area contributed by atoms with Crippen LogP contribution < -0.4 is 24.7 Å². The summed E-state index contributed by atoms with van der Waals surface area (Å²) < 4.78 is 30.8. The smallest absolute Gasteiger partial charge is 0.166 e. The van der Waals surface area contributed by atoms with E-state index in [9.17, 15) is 9.00 Å². The molecule has 3 rings (SSSR count). The lowest BCUT2D eigenvalue weighted by atomic mass is 9.90. The molecule has 0 aromatic heterocycles. The number of piperidine rings is 1. The van der Waals surface area contributed by atoms with Crippen LogP contribution in [-0.2, 0) is 17.6 Å². The van der Waals surface area contributed by atoms with E-state index in [1.165, 1.54) is 0 Å². The minimum atomic E-state index is -0.978. The molecule has 1 aliphatic rings. The van der Waals surface area contributed by atoms with Gasteiger partial charge in [0.05, 0.1) is 41.5 Å². The average molecular weight is 538 g/mol. The molecule has 0 amide bonds. The van der Waals surface area contributed by atoms with Crippen molar-refractivity contribution < 1.29 is 23.2 Å². The third kappa shape index (κ3) is 8.37. The fourth-order valence-electron chi connectivity index (χ4n) is 4.33. The van der Waals surface area contributed by atoms with Crippen molar-refractivity contribution in [1.29, 1.82) is 0 Å². The molecule has 36 heavy (non-hydrogen) atoms. The van der Waals surface area contributed by atoms with Crippen molar-refractivity contribution in [3.05, 3.63) is 46.5 Å². The molecule has 1 unspecified atom stereocenters. The van der Waals surface area contributed by atoms with Crippen LogP contribution in [0.5, 0.6) is 17.2 Å². The third-order valence-corrected chi connectivity index (χ3v) is 7.36. The van der Waals surface area contributed by atoms with Crippen LogP contribution in [0.4, 0.5) is 5.69 Å². The Kier molecular flexibility index (Phi) is 10.9. The number of ether oxygens (including phenoxy) is 3. The number of nitrogen functional groups attached to an aromatic ring is 1. The lowest BCUT2D eigenvalue weighted by Crippen LogP contribution is -2.38. The van der Waals surface area contributed by atoms with Crippen molar-refractivity contribution in [2.24, 2.45) is 5.92 Å². The van der Waals surface area contributed by atoms with Gasteiger partial charge >= 0.3 is 0 Å². The van der Waals surface area contributed by atoms with Crippen LogP contribution in [0.15, 0.2) is 30.3 Å². The van der Waals surface area contributed by atoms with Crippen molar-refractivity contribution in [2.45, 2.75) is 32.3 Å². The van der Waals surface area contributed by atoms with Crippen LogP contribution in [-0.4, -0.2) is 61.5 Å². The van der Waals surface area contributed by atoms with Gasteiger partial charge in [0.25, 0.3) is 0 Å². The Balaban J connectivity index is 1.58. The normalized spacial score (nSPS) is 15.4. The molecule has 8 nitrogen and oxygen atoms in total. The lowest BCUT2D eigenvalue weighted by molar-refractivity contribution is 0.0958. The molecule has 1 aliphatic heterocycles. The molecule has 3 N–H and O–H groups in total. The molecule has 0 radical (unpaired) electrons. The summed E-state index contributed by atoms with van der Waals surface area (Å²) in [7, 11) is 2.20.